The number of unbranched alkanes of at least 4 members (excludes halogenated alkanes) is 1. The maximum Gasteiger partial charge on any atom is 0.409 e. The topological polar surface area (TPSA) is 44.8 Å². The monoisotopic (exact) mass is 241 g/mol. The molecule has 0 unspecified atom stereocenters. The van der Waals surface area contributed by atoms with Crippen LogP contribution in [0.3, 0.4) is 0 Å². The van der Waals surface area contributed by atoms with Crippen molar-refractivity contribution in [3.8, 4) is 0 Å². The van der Waals surface area contributed by atoms with Crippen molar-refractivity contribution >= 4 is 6.09 Å². The highest BCUT2D eigenvalue weighted by molar-refractivity contribution is 5.68. The van der Waals surface area contributed by atoms with Crippen LogP contribution in [-0.4, -0.2) is 67.8 Å². The molecular formula is C12H23N3O2. The minimum Gasteiger partial charge on any atom is -0.449 e. The van der Waals surface area contributed by atoms with E-state index in [0.717, 1.165) is 52.1 Å². The summed E-state index contributed by atoms with van der Waals surface area (Å²) >= 11 is 0. The Bertz CT molecular complexity index is 248. The second-order valence-electron chi connectivity index (χ2n) is 4.81. The quantitative estimate of drug-likeness (QED) is 0.729. The molecule has 5 heteroatoms. The number of hydrogen-bond acceptors (Lipinski definition) is 4. The van der Waals surface area contributed by atoms with E-state index < -0.39 is 0 Å². The van der Waals surface area contributed by atoms with Crippen LogP contribution in [-0.2, 0) is 4.74 Å². The van der Waals surface area contributed by atoms with Gasteiger partial charge in [0.25, 0.3) is 0 Å². The second kappa shape index (κ2) is 6.21. The summed E-state index contributed by atoms with van der Waals surface area (Å²) in [7, 11) is 0. The smallest absolute Gasteiger partial charge is 0.409 e. The first-order chi connectivity index (χ1) is 8.31. The molecule has 0 aliphatic carbocycles. The summed E-state index contributed by atoms with van der Waals surface area (Å²) in [4.78, 5) is 15.9. The SMILES string of the molecule is CCCCOC(=O)N1CC(N2CCNCC2)C1. The Morgan fingerprint density at radius 2 is 2.06 bits per heavy atom. The van der Waals surface area contributed by atoms with E-state index in [1.807, 2.05) is 4.90 Å². The summed E-state index contributed by atoms with van der Waals surface area (Å²) in [5.41, 5.74) is 0. The highest BCUT2D eigenvalue weighted by Gasteiger charge is 2.35. The zero-order valence-electron chi connectivity index (χ0n) is 10.7. The Balaban J connectivity index is 1.62. The number of carbonyl (C=O) groups excluding carboxylic acids is 1. The zero-order chi connectivity index (χ0) is 12.1. The van der Waals surface area contributed by atoms with Crippen LogP contribution in [0.5, 0.6) is 0 Å². The molecule has 0 aromatic rings. The van der Waals surface area contributed by atoms with Gasteiger partial charge in [-0.15, -0.1) is 0 Å². The Labute approximate surface area is 103 Å². The standard InChI is InChI=1S/C12H23N3O2/c1-2-3-8-17-12(16)15-9-11(10-15)14-6-4-13-5-7-14/h11,13H,2-10H2,1H3. The molecule has 0 spiro atoms. The third-order valence-corrected chi connectivity index (χ3v) is 3.51. The maximum atomic E-state index is 11.6. The molecule has 2 fully saturated rings. The molecule has 2 aliphatic rings. The van der Waals surface area contributed by atoms with Crippen molar-refractivity contribution < 1.29 is 9.53 Å². The predicted octanol–water partition coefficient (Wildman–Crippen LogP) is 0.513. The molecule has 17 heavy (non-hydrogen) atoms. The predicted molar refractivity (Wildman–Crippen MR) is 66.1 cm³/mol. The van der Waals surface area contributed by atoms with E-state index in [0.29, 0.717) is 12.6 Å². The van der Waals surface area contributed by atoms with Gasteiger partial charge in [-0.3, -0.25) is 4.90 Å². The molecule has 5 nitrogen and oxygen atoms in total. The van der Waals surface area contributed by atoms with Gasteiger partial charge in [-0.2, -0.15) is 0 Å². The lowest BCUT2D eigenvalue weighted by atomic mass is 10.1. The van der Waals surface area contributed by atoms with E-state index in [1.165, 1.54) is 0 Å². The number of nitrogens with one attached hydrogen (secondary N) is 1. The van der Waals surface area contributed by atoms with Crippen molar-refractivity contribution in [3.63, 3.8) is 0 Å². The zero-order valence-corrected chi connectivity index (χ0v) is 10.7. The van der Waals surface area contributed by atoms with Crippen molar-refractivity contribution in [3.05, 3.63) is 0 Å². The van der Waals surface area contributed by atoms with Gasteiger partial charge in [0.2, 0.25) is 0 Å². The summed E-state index contributed by atoms with van der Waals surface area (Å²) in [6.07, 6.45) is 1.89. The summed E-state index contributed by atoms with van der Waals surface area (Å²) in [5, 5.41) is 3.34. The van der Waals surface area contributed by atoms with Gasteiger partial charge >= 0.3 is 6.09 Å². The number of likely N-dealkylation sites (tertiary alicyclic amines) is 1. The first kappa shape index (κ1) is 12.6. The molecule has 1 amide bonds. The molecule has 98 valence electrons. The number of rotatable bonds is 4. The summed E-state index contributed by atoms with van der Waals surface area (Å²) in [6.45, 7) is 8.67. The molecule has 0 aromatic carbocycles. The van der Waals surface area contributed by atoms with E-state index >= 15 is 0 Å². The number of carbonyl (C=O) groups is 1. The van der Waals surface area contributed by atoms with Crippen molar-refractivity contribution in [1.29, 1.82) is 0 Å². The summed E-state index contributed by atoms with van der Waals surface area (Å²) < 4.78 is 5.18. The molecule has 0 aromatic heterocycles. The normalized spacial score (nSPS) is 22.3. The van der Waals surface area contributed by atoms with Gasteiger partial charge in [0.05, 0.1) is 6.61 Å². The van der Waals surface area contributed by atoms with Crippen LogP contribution in [0.2, 0.25) is 0 Å². The molecule has 0 saturated carbocycles. The average molecular weight is 241 g/mol. The van der Waals surface area contributed by atoms with Crippen molar-refractivity contribution in [1.82, 2.24) is 15.1 Å². The first-order valence-electron chi connectivity index (χ1n) is 6.67. The molecule has 2 heterocycles. The first-order valence-corrected chi connectivity index (χ1v) is 6.67. The molecule has 2 saturated heterocycles. The van der Waals surface area contributed by atoms with Gasteiger partial charge in [-0.1, -0.05) is 13.3 Å². The molecule has 0 bridgehead atoms. The van der Waals surface area contributed by atoms with Crippen LogP contribution in [0.15, 0.2) is 0 Å². The van der Waals surface area contributed by atoms with Crippen LogP contribution in [0.1, 0.15) is 19.8 Å². The largest absolute Gasteiger partial charge is 0.449 e. The van der Waals surface area contributed by atoms with Crippen molar-refractivity contribution in [2.75, 3.05) is 45.9 Å². The molecule has 1 N–H and O–H groups in total. The van der Waals surface area contributed by atoms with E-state index in [2.05, 4.69) is 17.1 Å². The Hall–Kier alpha value is -0.810. The highest BCUT2D eigenvalue weighted by atomic mass is 16.6. The molecule has 2 rings (SSSR count). The second-order valence-corrected chi connectivity index (χ2v) is 4.81. The van der Waals surface area contributed by atoms with Gasteiger partial charge in [-0.25, -0.2) is 4.79 Å². The summed E-state index contributed by atoms with van der Waals surface area (Å²) in [5.74, 6) is 0. The fraction of sp³-hybridized carbons (Fsp3) is 0.917. The lowest BCUT2D eigenvalue weighted by Crippen LogP contribution is -2.63. The van der Waals surface area contributed by atoms with E-state index in [9.17, 15) is 4.79 Å². The minimum absolute atomic E-state index is 0.134. The van der Waals surface area contributed by atoms with Gasteiger partial charge < -0.3 is 15.0 Å². The third kappa shape index (κ3) is 3.33. The van der Waals surface area contributed by atoms with Crippen LogP contribution in [0, 0.1) is 0 Å². The fourth-order valence-electron chi connectivity index (χ4n) is 2.28. The molecule has 0 atom stereocenters. The number of amides is 1. The van der Waals surface area contributed by atoms with E-state index in [-0.39, 0.29) is 6.09 Å². The molecule has 0 radical (unpaired) electrons. The number of nitrogens with zero attached hydrogens (tertiary/aromatic N) is 2. The van der Waals surface area contributed by atoms with Crippen molar-refractivity contribution in [2.45, 2.75) is 25.8 Å². The van der Waals surface area contributed by atoms with Gasteiger partial charge in [0, 0.05) is 45.3 Å². The average Bonchev–Trinajstić information content (AvgIpc) is 2.29. The van der Waals surface area contributed by atoms with E-state index in [1.54, 1.807) is 0 Å². The van der Waals surface area contributed by atoms with Crippen LogP contribution < -0.4 is 5.32 Å². The fourth-order valence-corrected chi connectivity index (χ4v) is 2.28. The maximum absolute atomic E-state index is 11.6. The number of hydrogen-bond donors (Lipinski definition) is 1. The van der Waals surface area contributed by atoms with E-state index in [4.69, 9.17) is 4.74 Å². The number of ether oxygens (including phenoxy) is 1. The van der Waals surface area contributed by atoms with Gasteiger partial charge in [-0.05, 0) is 6.42 Å². The third-order valence-electron chi connectivity index (χ3n) is 3.51. The van der Waals surface area contributed by atoms with Gasteiger partial charge in [0.1, 0.15) is 0 Å². The minimum atomic E-state index is -0.134. The van der Waals surface area contributed by atoms with Crippen LogP contribution in [0.4, 0.5) is 4.79 Å². The lowest BCUT2D eigenvalue weighted by Gasteiger charge is -2.46. The Kier molecular flexibility index (Phi) is 4.62. The van der Waals surface area contributed by atoms with Crippen LogP contribution >= 0.6 is 0 Å². The Morgan fingerprint density at radius 3 is 2.71 bits per heavy atom. The Morgan fingerprint density at radius 1 is 1.35 bits per heavy atom. The lowest BCUT2D eigenvalue weighted by molar-refractivity contribution is 0.0169. The molecule has 2 aliphatic heterocycles. The molecular weight excluding hydrogens is 218 g/mol. The van der Waals surface area contributed by atoms with Gasteiger partial charge in [0.15, 0.2) is 0 Å². The summed E-state index contributed by atoms with van der Waals surface area (Å²) in [6, 6.07) is 0.552. The number of piperazine rings is 1. The van der Waals surface area contributed by atoms with Crippen molar-refractivity contribution in [2.24, 2.45) is 0 Å². The highest BCUT2D eigenvalue weighted by Crippen LogP contribution is 2.16. The van der Waals surface area contributed by atoms with Crippen LogP contribution in [0.25, 0.3) is 0 Å².